The lowest BCUT2D eigenvalue weighted by molar-refractivity contribution is -0.479. The molecular formula is C23H25ClN4O4S. The summed E-state index contributed by atoms with van der Waals surface area (Å²) in [5.74, 6) is 1.49. The predicted octanol–water partition coefficient (Wildman–Crippen LogP) is 5.61. The van der Waals surface area contributed by atoms with Crippen LogP contribution in [0.4, 0.5) is 0 Å². The van der Waals surface area contributed by atoms with Gasteiger partial charge in [0.05, 0.1) is 11.6 Å². The van der Waals surface area contributed by atoms with Crippen molar-refractivity contribution in [2.75, 3.05) is 19.8 Å². The average molecular weight is 489 g/mol. The molecule has 3 rings (SSSR count). The minimum atomic E-state index is -0.585. The Morgan fingerprint density at radius 2 is 1.97 bits per heavy atom. The number of halogens is 1. The Bertz CT molecular complexity index is 1130. The van der Waals surface area contributed by atoms with E-state index in [9.17, 15) is 10.1 Å². The number of benzene rings is 2. The molecule has 1 atom stereocenters. The third kappa shape index (κ3) is 6.06. The number of thioether (sulfide) groups is 1. The van der Waals surface area contributed by atoms with Gasteiger partial charge in [0.15, 0.2) is 16.7 Å². The van der Waals surface area contributed by atoms with E-state index < -0.39 is 5.25 Å². The normalized spacial score (nSPS) is 11.8. The summed E-state index contributed by atoms with van der Waals surface area (Å²) in [6.07, 6.45) is 1.60. The summed E-state index contributed by atoms with van der Waals surface area (Å²) in [6.45, 7) is 9.64. The molecule has 1 aromatic heterocycles. The van der Waals surface area contributed by atoms with Crippen LogP contribution < -0.4 is 9.47 Å². The maximum absolute atomic E-state index is 11.5. The zero-order chi connectivity index (χ0) is 24.0. The van der Waals surface area contributed by atoms with Gasteiger partial charge in [0.25, 0.3) is 0 Å². The second-order valence-electron chi connectivity index (χ2n) is 7.19. The van der Waals surface area contributed by atoms with Gasteiger partial charge in [0.1, 0.15) is 17.7 Å². The molecule has 8 nitrogen and oxygen atoms in total. The Morgan fingerprint density at radius 3 is 2.61 bits per heavy atom. The highest BCUT2D eigenvalue weighted by molar-refractivity contribution is 7.99. The molecule has 0 spiro atoms. The molecule has 2 aromatic carbocycles. The van der Waals surface area contributed by atoms with Gasteiger partial charge in [-0.05, 0) is 50.6 Å². The number of ether oxygens (including phenoxy) is 2. The molecule has 0 saturated heterocycles. The van der Waals surface area contributed by atoms with Gasteiger partial charge in [-0.1, -0.05) is 53.7 Å². The summed E-state index contributed by atoms with van der Waals surface area (Å²) < 4.78 is 13.2. The van der Waals surface area contributed by atoms with Crippen molar-refractivity contribution in [3.63, 3.8) is 0 Å². The van der Waals surface area contributed by atoms with E-state index in [4.69, 9.17) is 21.1 Å². The van der Waals surface area contributed by atoms with Crippen LogP contribution in [0.3, 0.4) is 0 Å². The molecule has 0 saturated carbocycles. The summed E-state index contributed by atoms with van der Waals surface area (Å²) in [4.78, 5) is 11.2. The molecule has 0 amide bonds. The maximum Gasteiger partial charge on any atom is 0.220 e. The Kier molecular flexibility index (Phi) is 8.35. The van der Waals surface area contributed by atoms with Crippen molar-refractivity contribution < 1.29 is 14.4 Å². The minimum absolute atomic E-state index is 0.255. The van der Waals surface area contributed by atoms with Crippen LogP contribution in [0, 0.1) is 24.0 Å². The molecule has 0 aliphatic rings. The van der Waals surface area contributed by atoms with Crippen molar-refractivity contribution in [2.45, 2.75) is 31.2 Å². The highest BCUT2D eigenvalue weighted by Crippen LogP contribution is 2.43. The van der Waals surface area contributed by atoms with Gasteiger partial charge < -0.3 is 9.47 Å². The fraction of sp³-hybridized carbons (Fsp3) is 0.304. The topological polar surface area (TPSA) is 92.3 Å². The van der Waals surface area contributed by atoms with Gasteiger partial charge in [-0.25, -0.2) is 0 Å². The minimum Gasteiger partial charge on any atom is -0.490 e. The SMILES string of the molecule is C=CCOc1c(Cl)cc([C@@H](C[N+](=O)[O-])Sc2nnc(C)n2-c2ccc(C)cc2)cc1OCC. The highest BCUT2D eigenvalue weighted by atomic mass is 35.5. The van der Waals surface area contributed by atoms with E-state index >= 15 is 0 Å². The van der Waals surface area contributed by atoms with Crippen molar-refractivity contribution in [1.82, 2.24) is 14.8 Å². The van der Waals surface area contributed by atoms with Gasteiger partial charge in [0.2, 0.25) is 6.54 Å². The van der Waals surface area contributed by atoms with E-state index in [0.717, 1.165) is 11.3 Å². The first kappa shape index (κ1) is 24.6. The zero-order valence-electron chi connectivity index (χ0n) is 18.7. The number of nitrogens with zero attached hydrogens (tertiary/aromatic N) is 4. The fourth-order valence-electron chi connectivity index (χ4n) is 3.20. The molecule has 1 heterocycles. The summed E-state index contributed by atoms with van der Waals surface area (Å²) in [6, 6.07) is 11.3. The third-order valence-corrected chi connectivity index (χ3v) is 6.16. The Morgan fingerprint density at radius 1 is 1.24 bits per heavy atom. The molecule has 0 aliphatic heterocycles. The highest BCUT2D eigenvalue weighted by Gasteiger charge is 2.26. The van der Waals surface area contributed by atoms with Crippen LogP contribution in [-0.2, 0) is 0 Å². The molecule has 0 radical (unpaired) electrons. The Hall–Kier alpha value is -3.04. The lowest BCUT2D eigenvalue weighted by Crippen LogP contribution is -2.12. The molecule has 0 N–H and O–H groups in total. The lowest BCUT2D eigenvalue weighted by atomic mass is 10.1. The lowest BCUT2D eigenvalue weighted by Gasteiger charge is -2.18. The fourth-order valence-corrected chi connectivity index (χ4v) is 4.63. The summed E-state index contributed by atoms with van der Waals surface area (Å²) in [7, 11) is 0. The molecule has 0 bridgehead atoms. The molecular weight excluding hydrogens is 464 g/mol. The van der Waals surface area contributed by atoms with Gasteiger partial charge in [-0.15, -0.1) is 10.2 Å². The van der Waals surface area contributed by atoms with Crippen molar-refractivity contribution >= 4 is 23.4 Å². The van der Waals surface area contributed by atoms with E-state index in [1.165, 1.54) is 11.8 Å². The quantitative estimate of drug-likeness (QED) is 0.150. The van der Waals surface area contributed by atoms with Crippen LogP contribution in [0.15, 0.2) is 54.2 Å². The van der Waals surface area contributed by atoms with Crippen LogP contribution in [0.1, 0.15) is 29.1 Å². The second-order valence-corrected chi connectivity index (χ2v) is 8.76. The van der Waals surface area contributed by atoms with Crippen LogP contribution in [0.5, 0.6) is 11.5 Å². The van der Waals surface area contributed by atoms with Crippen LogP contribution in [0.25, 0.3) is 5.69 Å². The molecule has 10 heteroatoms. The molecule has 0 unspecified atom stereocenters. The first-order chi connectivity index (χ1) is 15.8. The van der Waals surface area contributed by atoms with E-state index in [-0.39, 0.29) is 18.1 Å². The Balaban J connectivity index is 2.02. The first-order valence-electron chi connectivity index (χ1n) is 10.3. The third-order valence-electron chi connectivity index (χ3n) is 4.70. The van der Waals surface area contributed by atoms with E-state index in [1.807, 2.05) is 49.6 Å². The summed E-state index contributed by atoms with van der Waals surface area (Å²) in [5, 5.41) is 20.3. The molecule has 0 aliphatic carbocycles. The van der Waals surface area contributed by atoms with Crippen molar-refractivity contribution in [3.8, 4) is 17.2 Å². The Labute approximate surface area is 201 Å². The predicted molar refractivity (Wildman–Crippen MR) is 130 cm³/mol. The molecule has 33 heavy (non-hydrogen) atoms. The van der Waals surface area contributed by atoms with Crippen molar-refractivity contribution in [2.24, 2.45) is 0 Å². The maximum atomic E-state index is 11.5. The van der Waals surface area contributed by atoms with Gasteiger partial charge in [-0.2, -0.15) is 0 Å². The van der Waals surface area contributed by atoms with Crippen molar-refractivity contribution in [1.29, 1.82) is 0 Å². The largest absolute Gasteiger partial charge is 0.490 e. The number of rotatable bonds is 11. The van der Waals surface area contributed by atoms with Gasteiger partial charge >= 0.3 is 0 Å². The number of hydrogen-bond acceptors (Lipinski definition) is 7. The standard InChI is InChI=1S/C23H25ClN4O4S/c1-5-11-32-22-19(24)12-17(13-20(22)31-6-2)21(14-27(29)30)33-23-26-25-16(4)28(23)18-9-7-15(3)8-10-18/h5,7-10,12-13,21H,1,6,11,14H2,2-4H3/t21-/m1/s1. The van der Waals surface area contributed by atoms with E-state index in [2.05, 4.69) is 16.8 Å². The van der Waals surface area contributed by atoms with E-state index in [1.54, 1.807) is 18.2 Å². The first-order valence-corrected chi connectivity index (χ1v) is 11.6. The summed E-state index contributed by atoms with van der Waals surface area (Å²) in [5.41, 5.74) is 2.64. The monoisotopic (exact) mass is 488 g/mol. The number of aromatic nitrogens is 3. The van der Waals surface area contributed by atoms with Crippen LogP contribution >= 0.6 is 23.4 Å². The van der Waals surface area contributed by atoms with Gasteiger partial charge in [-0.3, -0.25) is 14.7 Å². The smallest absolute Gasteiger partial charge is 0.220 e. The van der Waals surface area contributed by atoms with Gasteiger partial charge in [0, 0.05) is 10.6 Å². The molecule has 0 fully saturated rings. The summed E-state index contributed by atoms with van der Waals surface area (Å²) >= 11 is 7.74. The number of hydrogen-bond donors (Lipinski definition) is 0. The van der Waals surface area contributed by atoms with Crippen LogP contribution in [0.2, 0.25) is 5.02 Å². The van der Waals surface area contributed by atoms with Crippen LogP contribution in [-0.4, -0.2) is 39.4 Å². The van der Waals surface area contributed by atoms with E-state index in [0.29, 0.717) is 39.7 Å². The number of nitro groups is 1. The van der Waals surface area contributed by atoms with Crippen molar-refractivity contribution in [3.05, 3.63) is 81.1 Å². The molecule has 174 valence electrons. The molecule has 3 aromatic rings. The second kappa shape index (κ2) is 11.2. The average Bonchev–Trinajstić information content (AvgIpc) is 3.13. The number of aryl methyl sites for hydroxylation is 2. The zero-order valence-corrected chi connectivity index (χ0v) is 20.2.